The van der Waals surface area contributed by atoms with Crippen molar-refractivity contribution in [2.45, 2.75) is 19.4 Å². The molecule has 7 nitrogen and oxygen atoms in total. The summed E-state index contributed by atoms with van der Waals surface area (Å²) in [6.45, 7) is 4.29. The fourth-order valence-corrected chi connectivity index (χ4v) is 2.27. The van der Waals surface area contributed by atoms with Crippen LogP contribution in [0.15, 0.2) is 0 Å². The first-order valence-corrected chi connectivity index (χ1v) is 6.48. The molecule has 0 bridgehead atoms. The Balaban J connectivity index is 1.96. The molecule has 0 aromatic rings. The molecule has 0 aromatic carbocycles. The molecule has 2 saturated heterocycles. The van der Waals surface area contributed by atoms with Gasteiger partial charge < -0.3 is 24.8 Å². The van der Waals surface area contributed by atoms with Crippen molar-refractivity contribution in [2.75, 3.05) is 39.5 Å². The van der Waals surface area contributed by atoms with E-state index in [2.05, 4.69) is 5.32 Å². The van der Waals surface area contributed by atoms with Crippen LogP contribution in [0, 0.1) is 5.41 Å². The van der Waals surface area contributed by atoms with Gasteiger partial charge in [0, 0.05) is 19.7 Å². The number of ether oxygens (including phenoxy) is 2. The van der Waals surface area contributed by atoms with Gasteiger partial charge in [0.25, 0.3) is 0 Å². The first-order valence-electron chi connectivity index (χ1n) is 6.48. The van der Waals surface area contributed by atoms with E-state index in [0.717, 1.165) is 6.42 Å². The van der Waals surface area contributed by atoms with Crippen molar-refractivity contribution in [1.82, 2.24) is 10.2 Å². The second-order valence-corrected chi connectivity index (χ2v) is 5.19. The van der Waals surface area contributed by atoms with Gasteiger partial charge in [-0.15, -0.1) is 0 Å². The number of urea groups is 1. The molecule has 2 aliphatic rings. The summed E-state index contributed by atoms with van der Waals surface area (Å²) in [6, 6.07) is -0.741. The van der Waals surface area contributed by atoms with Crippen LogP contribution in [0.3, 0.4) is 0 Å². The second kappa shape index (κ2) is 5.75. The van der Waals surface area contributed by atoms with E-state index < -0.39 is 17.4 Å². The van der Waals surface area contributed by atoms with Gasteiger partial charge >= 0.3 is 12.0 Å². The standard InChI is InChI=1S/C12H20N2O5/c1-12(10(15)16)8-19-7-9(12)13-11(17)14-3-2-5-18-6-4-14/h9H,2-8H2,1H3,(H,13,17)(H,15,16). The minimum absolute atomic E-state index is 0.121. The number of carboxylic acid groups (broad SMARTS) is 1. The van der Waals surface area contributed by atoms with Crippen LogP contribution in [0.2, 0.25) is 0 Å². The molecule has 2 aliphatic heterocycles. The van der Waals surface area contributed by atoms with Gasteiger partial charge in [0.15, 0.2) is 0 Å². The Kier molecular flexibility index (Phi) is 4.26. The average molecular weight is 272 g/mol. The number of carboxylic acids is 1. The largest absolute Gasteiger partial charge is 0.481 e. The van der Waals surface area contributed by atoms with Gasteiger partial charge in [-0.1, -0.05) is 0 Å². The molecule has 19 heavy (non-hydrogen) atoms. The molecule has 0 aromatic heterocycles. The highest BCUT2D eigenvalue weighted by Crippen LogP contribution is 2.28. The minimum Gasteiger partial charge on any atom is -0.481 e. The van der Waals surface area contributed by atoms with Crippen LogP contribution in [-0.2, 0) is 14.3 Å². The lowest BCUT2D eigenvalue weighted by Crippen LogP contribution is -2.53. The number of carbonyl (C=O) groups is 2. The highest BCUT2D eigenvalue weighted by Gasteiger charge is 2.47. The second-order valence-electron chi connectivity index (χ2n) is 5.19. The van der Waals surface area contributed by atoms with Crippen molar-refractivity contribution >= 4 is 12.0 Å². The Bertz CT molecular complexity index is 354. The first kappa shape index (κ1) is 14.1. The zero-order valence-electron chi connectivity index (χ0n) is 11.1. The van der Waals surface area contributed by atoms with Crippen molar-refractivity contribution in [3.63, 3.8) is 0 Å². The number of nitrogens with one attached hydrogen (secondary N) is 1. The third-order valence-electron chi connectivity index (χ3n) is 3.75. The molecule has 0 spiro atoms. The van der Waals surface area contributed by atoms with Crippen molar-refractivity contribution in [2.24, 2.45) is 5.41 Å². The highest BCUT2D eigenvalue weighted by atomic mass is 16.5. The molecule has 2 N–H and O–H groups in total. The highest BCUT2D eigenvalue weighted by molar-refractivity contribution is 5.79. The molecule has 2 fully saturated rings. The number of aliphatic carboxylic acids is 1. The van der Waals surface area contributed by atoms with E-state index in [-0.39, 0.29) is 19.2 Å². The van der Waals surface area contributed by atoms with Gasteiger partial charge in [0.1, 0.15) is 5.41 Å². The van der Waals surface area contributed by atoms with Gasteiger partial charge in [-0.3, -0.25) is 4.79 Å². The zero-order valence-corrected chi connectivity index (χ0v) is 11.1. The Morgan fingerprint density at radius 1 is 1.32 bits per heavy atom. The number of hydrogen-bond donors (Lipinski definition) is 2. The van der Waals surface area contributed by atoms with Crippen molar-refractivity contribution in [1.29, 1.82) is 0 Å². The van der Waals surface area contributed by atoms with E-state index in [1.54, 1.807) is 11.8 Å². The normalized spacial score (nSPS) is 31.8. The van der Waals surface area contributed by atoms with Gasteiger partial charge in [0.05, 0.1) is 25.9 Å². The summed E-state index contributed by atoms with van der Waals surface area (Å²) in [7, 11) is 0. The fraction of sp³-hybridized carbons (Fsp3) is 0.833. The number of carbonyl (C=O) groups excluding carboxylic acids is 1. The molecule has 2 unspecified atom stereocenters. The van der Waals surface area contributed by atoms with E-state index >= 15 is 0 Å². The van der Waals surface area contributed by atoms with Crippen LogP contribution in [0.4, 0.5) is 4.79 Å². The summed E-state index contributed by atoms with van der Waals surface area (Å²) in [4.78, 5) is 25.1. The number of rotatable bonds is 2. The molecule has 7 heteroatoms. The van der Waals surface area contributed by atoms with E-state index in [1.807, 2.05) is 0 Å². The molecule has 0 aliphatic carbocycles. The van der Waals surface area contributed by atoms with E-state index in [4.69, 9.17) is 9.47 Å². The third kappa shape index (κ3) is 2.98. The van der Waals surface area contributed by atoms with E-state index in [0.29, 0.717) is 26.3 Å². The molecule has 0 saturated carbocycles. The summed E-state index contributed by atoms with van der Waals surface area (Å²) in [5.74, 6) is -0.950. The van der Waals surface area contributed by atoms with Gasteiger partial charge in [-0.2, -0.15) is 0 Å². The van der Waals surface area contributed by atoms with Crippen LogP contribution < -0.4 is 5.32 Å². The van der Waals surface area contributed by atoms with Gasteiger partial charge in [-0.05, 0) is 13.3 Å². The number of nitrogens with zero attached hydrogens (tertiary/aromatic N) is 1. The molecule has 2 amide bonds. The molecule has 2 rings (SSSR count). The van der Waals surface area contributed by atoms with Crippen molar-refractivity contribution in [3.05, 3.63) is 0 Å². The lowest BCUT2D eigenvalue weighted by molar-refractivity contribution is -0.148. The van der Waals surface area contributed by atoms with Crippen LogP contribution in [0.1, 0.15) is 13.3 Å². The van der Waals surface area contributed by atoms with Crippen LogP contribution >= 0.6 is 0 Å². The summed E-state index contributed by atoms with van der Waals surface area (Å²) in [5, 5.41) is 12.0. The summed E-state index contributed by atoms with van der Waals surface area (Å²) in [5.41, 5.74) is -1.06. The van der Waals surface area contributed by atoms with Crippen LogP contribution in [0.25, 0.3) is 0 Å². The quantitative estimate of drug-likeness (QED) is 0.733. The monoisotopic (exact) mass is 272 g/mol. The van der Waals surface area contributed by atoms with E-state index in [9.17, 15) is 14.7 Å². The van der Waals surface area contributed by atoms with E-state index in [1.165, 1.54) is 0 Å². The van der Waals surface area contributed by atoms with Gasteiger partial charge in [-0.25, -0.2) is 4.79 Å². The predicted molar refractivity (Wildman–Crippen MR) is 65.9 cm³/mol. The number of amides is 2. The molecular weight excluding hydrogens is 252 g/mol. The third-order valence-corrected chi connectivity index (χ3v) is 3.75. The van der Waals surface area contributed by atoms with Crippen LogP contribution in [-0.4, -0.2) is 67.6 Å². The smallest absolute Gasteiger partial charge is 0.317 e. The molecule has 2 atom stereocenters. The minimum atomic E-state index is -1.06. The Morgan fingerprint density at radius 2 is 2.11 bits per heavy atom. The van der Waals surface area contributed by atoms with Crippen LogP contribution in [0.5, 0.6) is 0 Å². The average Bonchev–Trinajstić information content (AvgIpc) is 2.61. The molecule has 2 heterocycles. The predicted octanol–water partition coefficient (Wildman–Crippen LogP) is -0.0920. The lowest BCUT2D eigenvalue weighted by Gasteiger charge is -2.28. The Morgan fingerprint density at radius 3 is 2.84 bits per heavy atom. The first-order chi connectivity index (χ1) is 9.04. The SMILES string of the molecule is CC1(C(=O)O)COCC1NC(=O)N1CCCOCC1. The summed E-state index contributed by atoms with van der Waals surface area (Å²) >= 11 is 0. The molecule has 0 radical (unpaired) electrons. The zero-order chi connectivity index (χ0) is 13.9. The fourth-order valence-electron chi connectivity index (χ4n) is 2.27. The molecule has 108 valence electrons. The maximum atomic E-state index is 12.1. The topological polar surface area (TPSA) is 88.1 Å². The maximum Gasteiger partial charge on any atom is 0.317 e. The summed E-state index contributed by atoms with van der Waals surface area (Å²) in [6.07, 6.45) is 0.796. The summed E-state index contributed by atoms with van der Waals surface area (Å²) < 4.78 is 10.5. The lowest BCUT2D eigenvalue weighted by atomic mass is 9.85. The van der Waals surface area contributed by atoms with Crippen molar-refractivity contribution < 1.29 is 24.2 Å². The molecular formula is C12H20N2O5. The van der Waals surface area contributed by atoms with Gasteiger partial charge in [0.2, 0.25) is 0 Å². The number of hydrogen-bond acceptors (Lipinski definition) is 4. The maximum absolute atomic E-state index is 12.1. The Labute approximate surface area is 111 Å². The van der Waals surface area contributed by atoms with Crippen molar-refractivity contribution in [3.8, 4) is 0 Å². The Hall–Kier alpha value is -1.34.